The van der Waals surface area contributed by atoms with Gasteiger partial charge in [0.2, 0.25) is 0 Å². The maximum Gasteiger partial charge on any atom is -0.0203 e. The molecule has 0 radical (unpaired) electrons. The second kappa shape index (κ2) is 6.35. The Kier molecular flexibility index (Phi) is 5.42. The Labute approximate surface area is 96.2 Å². The minimum Gasteiger partial charge on any atom is -0.0825 e. The van der Waals surface area contributed by atoms with E-state index in [2.05, 4.69) is 33.8 Å². The largest absolute Gasteiger partial charge is 0.0825 e. The summed E-state index contributed by atoms with van der Waals surface area (Å²) in [6.45, 7) is 9.33. The molecule has 0 N–H and O–H groups in total. The van der Waals surface area contributed by atoms with E-state index in [1.54, 1.807) is 5.57 Å². The molecule has 15 heavy (non-hydrogen) atoms. The van der Waals surface area contributed by atoms with Crippen LogP contribution < -0.4 is 0 Å². The van der Waals surface area contributed by atoms with Gasteiger partial charge in [0.15, 0.2) is 0 Å². The summed E-state index contributed by atoms with van der Waals surface area (Å²) in [7, 11) is 0. The zero-order valence-corrected chi connectivity index (χ0v) is 11.1. The standard InChI is InChI=1S/C15H28/c1-5-7-13(4)11-15(10-12(2)3)14-8-6-9-14/h10,12-14H,5-9,11H2,1-4H3. The number of hydrogen-bond donors (Lipinski definition) is 0. The van der Waals surface area contributed by atoms with Gasteiger partial charge in [0.1, 0.15) is 0 Å². The second-order valence-electron chi connectivity index (χ2n) is 5.71. The summed E-state index contributed by atoms with van der Waals surface area (Å²) in [5, 5.41) is 0. The van der Waals surface area contributed by atoms with Crippen molar-refractivity contribution in [2.75, 3.05) is 0 Å². The van der Waals surface area contributed by atoms with Gasteiger partial charge in [0.05, 0.1) is 0 Å². The molecule has 1 unspecified atom stereocenters. The molecule has 0 bridgehead atoms. The lowest BCUT2D eigenvalue weighted by atomic mass is 9.75. The van der Waals surface area contributed by atoms with Gasteiger partial charge < -0.3 is 0 Å². The van der Waals surface area contributed by atoms with Crippen LogP contribution in [0.15, 0.2) is 11.6 Å². The number of allylic oxidation sites excluding steroid dienone is 2. The summed E-state index contributed by atoms with van der Waals surface area (Å²) in [5.41, 5.74) is 1.78. The van der Waals surface area contributed by atoms with E-state index in [-0.39, 0.29) is 0 Å². The van der Waals surface area contributed by atoms with E-state index in [1.807, 2.05) is 0 Å². The summed E-state index contributed by atoms with van der Waals surface area (Å²) in [6, 6.07) is 0. The molecule has 1 atom stereocenters. The molecular weight excluding hydrogens is 180 g/mol. The van der Waals surface area contributed by atoms with Gasteiger partial charge in [0.25, 0.3) is 0 Å². The molecule has 88 valence electrons. The number of hydrogen-bond acceptors (Lipinski definition) is 0. The topological polar surface area (TPSA) is 0 Å². The highest BCUT2D eigenvalue weighted by Crippen LogP contribution is 2.37. The Hall–Kier alpha value is -0.260. The molecule has 0 saturated heterocycles. The van der Waals surface area contributed by atoms with Crippen molar-refractivity contribution in [3.05, 3.63) is 11.6 Å². The van der Waals surface area contributed by atoms with E-state index >= 15 is 0 Å². The van der Waals surface area contributed by atoms with Gasteiger partial charge in [-0.1, -0.05) is 58.6 Å². The first-order valence-electron chi connectivity index (χ1n) is 6.84. The molecule has 0 heteroatoms. The molecule has 0 spiro atoms. The molecule has 1 fully saturated rings. The Morgan fingerprint density at radius 2 is 1.93 bits per heavy atom. The van der Waals surface area contributed by atoms with Crippen LogP contribution in [0.5, 0.6) is 0 Å². The fraction of sp³-hybridized carbons (Fsp3) is 0.867. The van der Waals surface area contributed by atoms with Crippen LogP contribution in [0, 0.1) is 17.8 Å². The predicted molar refractivity (Wildman–Crippen MR) is 69.0 cm³/mol. The second-order valence-corrected chi connectivity index (χ2v) is 5.71. The predicted octanol–water partition coefficient (Wildman–Crippen LogP) is 5.20. The SMILES string of the molecule is CCCC(C)CC(=CC(C)C)C1CCC1. The van der Waals surface area contributed by atoms with Crippen LogP contribution in [-0.2, 0) is 0 Å². The van der Waals surface area contributed by atoms with E-state index in [9.17, 15) is 0 Å². The van der Waals surface area contributed by atoms with Crippen molar-refractivity contribution >= 4 is 0 Å². The smallest absolute Gasteiger partial charge is 0.0203 e. The van der Waals surface area contributed by atoms with Gasteiger partial charge in [-0.2, -0.15) is 0 Å². The van der Waals surface area contributed by atoms with Crippen LogP contribution in [0.25, 0.3) is 0 Å². The first kappa shape index (κ1) is 12.8. The van der Waals surface area contributed by atoms with Crippen LogP contribution in [-0.4, -0.2) is 0 Å². The fourth-order valence-corrected chi connectivity index (χ4v) is 2.58. The third kappa shape index (κ3) is 4.40. The van der Waals surface area contributed by atoms with Crippen LogP contribution in [0.3, 0.4) is 0 Å². The normalized spacial score (nSPS) is 20.5. The molecule has 0 heterocycles. The Morgan fingerprint density at radius 1 is 1.27 bits per heavy atom. The molecule has 1 saturated carbocycles. The van der Waals surface area contributed by atoms with E-state index in [1.165, 1.54) is 38.5 Å². The zero-order chi connectivity index (χ0) is 11.3. The summed E-state index contributed by atoms with van der Waals surface area (Å²) in [6.07, 6.45) is 11.0. The van der Waals surface area contributed by atoms with Crippen LogP contribution in [0.1, 0.15) is 66.2 Å². The Morgan fingerprint density at radius 3 is 2.33 bits per heavy atom. The molecule has 0 aromatic heterocycles. The third-order valence-electron chi connectivity index (χ3n) is 3.54. The quantitative estimate of drug-likeness (QED) is 0.527. The monoisotopic (exact) mass is 208 g/mol. The molecule has 1 aliphatic carbocycles. The molecule has 1 rings (SSSR count). The molecule has 0 aromatic carbocycles. The maximum atomic E-state index is 2.54. The van der Waals surface area contributed by atoms with Gasteiger partial charge in [0, 0.05) is 0 Å². The minimum absolute atomic E-state index is 0.731. The van der Waals surface area contributed by atoms with Crippen molar-refractivity contribution in [2.24, 2.45) is 17.8 Å². The average Bonchev–Trinajstić information content (AvgIpc) is 1.98. The van der Waals surface area contributed by atoms with Gasteiger partial charge in [-0.05, 0) is 37.0 Å². The highest BCUT2D eigenvalue weighted by Gasteiger charge is 2.22. The van der Waals surface area contributed by atoms with Crippen LogP contribution >= 0.6 is 0 Å². The molecule has 0 nitrogen and oxygen atoms in total. The Bertz CT molecular complexity index is 196. The van der Waals surface area contributed by atoms with Crippen molar-refractivity contribution in [2.45, 2.75) is 66.2 Å². The van der Waals surface area contributed by atoms with E-state index in [4.69, 9.17) is 0 Å². The highest BCUT2D eigenvalue weighted by atomic mass is 14.3. The lowest BCUT2D eigenvalue weighted by Crippen LogP contribution is -2.16. The Balaban J connectivity index is 2.48. The number of rotatable bonds is 6. The average molecular weight is 208 g/mol. The van der Waals surface area contributed by atoms with Gasteiger partial charge in [-0.3, -0.25) is 0 Å². The summed E-state index contributed by atoms with van der Waals surface area (Å²) in [4.78, 5) is 0. The van der Waals surface area contributed by atoms with E-state index in [0.29, 0.717) is 0 Å². The third-order valence-corrected chi connectivity index (χ3v) is 3.54. The minimum atomic E-state index is 0.731. The molecule has 0 aromatic rings. The van der Waals surface area contributed by atoms with E-state index in [0.717, 1.165) is 17.8 Å². The van der Waals surface area contributed by atoms with Crippen molar-refractivity contribution in [1.29, 1.82) is 0 Å². The fourth-order valence-electron chi connectivity index (χ4n) is 2.58. The van der Waals surface area contributed by atoms with Crippen molar-refractivity contribution in [1.82, 2.24) is 0 Å². The molecule has 0 aliphatic heterocycles. The van der Waals surface area contributed by atoms with Gasteiger partial charge in [-0.15, -0.1) is 0 Å². The van der Waals surface area contributed by atoms with Crippen molar-refractivity contribution < 1.29 is 0 Å². The van der Waals surface area contributed by atoms with E-state index < -0.39 is 0 Å². The summed E-state index contributed by atoms with van der Waals surface area (Å²) in [5.74, 6) is 2.57. The highest BCUT2D eigenvalue weighted by molar-refractivity contribution is 5.11. The maximum absolute atomic E-state index is 2.54. The molecule has 0 amide bonds. The first-order valence-corrected chi connectivity index (χ1v) is 6.84. The zero-order valence-electron chi connectivity index (χ0n) is 11.1. The lowest BCUT2D eigenvalue weighted by molar-refractivity contribution is 0.341. The lowest BCUT2D eigenvalue weighted by Gasteiger charge is -2.30. The molecule has 1 aliphatic rings. The van der Waals surface area contributed by atoms with Crippen molar-refractivity contribution in [3.8, 4) is 0 Å². The van der Waals surface area contributed by atoms with Crippen molar-refractivity contribution in [3.63, 3.8) is 0 Å². The first-order chi connectivity index (χ1) is 7.13. The van der Waals surface area contributed by atoms with Crippen LogP contribution in [0.2, 0.25) is 0 Å². The summed E-state index contributed by atoms with van der Waals surface area (Å²) >= 11 is 0. The van der Waals surface area contributed by atoms with Gasteiger partial charge in [-0.25, -0.2) is 0 Å². The summed E-state index contributed by atoms with van der Waals surface area (Å²) < 4.78 is 0. The van der Waals surface area contributed by atoms with Crippen LogP contribution in [0.4, 0.5) is 0 Å². The molecular formula is C15H28. The van der Waals surface area contributed by atoms with Gasteiger partial charge >= 0.3 is 0 Å².